The largest absolute Gasteiger partial charge is 0.598 e. The summed E-state index contributed by atoms with van der Waals surface area (Å²) >= 11 is 0.633. The Morgan fingerprint density at radius 3 is 2.71 bits per heavy atom. The summed E-state index contributed by atoms with van der Waals surface area (Å²) in [6.45, 7) is 7.94. The van der Waals surface area contributed by atoms with Crippen LogP contribution in [-0.2, 0) is 11.4 Å². The number of nitrogens with zero attached hydrogens (tertiary/aromatic N) is 1. The van der Waals surface area contributed by atoms with Crippen molar-refractivity contribution in [2.24, 2.45) is 0 Å². The predicted molar refractivity (Wildman–Crippen MR) is 73.5 cm³/mol. The Balaban J connectivity index is 1.96. The minimum Gasteiger partial charge on any atom is -0.598 e. The summed E-state index contributed by atoms with van der Waals surface area (Å²) in [5.74, 6) is 0.695. The third-order valence-corrected chi connectivity index (χ3v) is 5.47. The van der Waals surface area contributed by atoms with Gasteiger partial charge in [-0.05, 0) is 40.5 Å². The van der Waals surface area contributed by atoms with Crippen molar-refractivity contribution in [1.29, 1.82) is 0 Å². The Morgan fingerprint density at radius 1 is 1.53 bits per heavy atom. The zero-order valence-electron chi connectivity index (χ0n) is 10.8. The van der Waals surface area contributed by atoms with Crippen LogP contribution in [0.25, 0.3) is 0 Å². The van der Waals surface area contributed by atoms with E-state index in [9.17, 15) is 4.55 Å². The smallest absolute Gasteiger partial charge is 0.136 e. The van der Waals surface area contributed by atoms with Crippen LogP contribution in [0.1, 0.15) is 63.2 Å². The SMILES string of the molecule is C[C@H](N[S@@+]([O-])C(C)(C)C)c1nc(C2CC2)cs1. The lowest BCUT2D eigenvalue weighted by Crippen LogP contribution is -2.40. The molecule has 1 fully saturated rings. The molecule has 1 aromatic heterocycles. The van der Waals surface area contributed by atoms with Crippen molar-refractivity contribution in [3.05, 3.63) is 16.1 Å². The Hall–Kier alpha value is -0.100. The quantitative estimate of drug-likeness (QED) is 0.857. The van der Waals surface area contributed by atoms with Crippen LogP contribution in [0.4, 0.5) is 0 Å². The lowest BCUT2D eigenvalue weighted by atomic mass is 10.3. The molecule has 0 radical (unpaired) electrons. The van der Waals surface area contributed by atoms with E-state index in [1.165, 1.54) is 18.5 Å². The molecule has 1 saturated carbocycles. The Labute approximate surface area is 110 Å². The van der Waals surface area contributed by atoms with E-state index in [0.29, 0.717) is 5.92 Å². The first-order valence-electron chi connectivity index (χ1n) is 6.01. The van der Waals surface area contributed by atoms with E-state index in [1.54, 1.807) is 11.3 Å². The molecule has 5 heteroatoms. The van der Waals surface area contributed by atoms with Crippen LogP contribution in [0.15, 0.2) is 5.38 Å². The second-order valence-corrected chi connectivity index (χ2v) is 8.49. The summed E-state index contributed by atoms with van der Waals surface area (Å²) in [7, 11) is 0. The highest BCUT2D eigenvalue weighted by Crippen LogP contribution is 2.40. The zero-order chi connectivity index (χ0) is 12.6. The highest BCUT2D eigenvalue weighted by Gasteiger charge is 2.30. The Kier molecular flexibility index (Phi) is 3.83. The molecule has 0 spiro atoms. The van der Waals surface area contributed by atoms with Crippen LogP contribution < -0.4 is 4.72 Å². The first-order valence-corrected chi connectivity index (χ1v) is 8.04. The van der Waals surface area contributed by atoms with Gasteiger partial charge in [0, 0.05) is 22.7 Å². The monoisotopic (exact) mass is 272 g/mol. The van der Waals surface area contributed by atoms with Gasteiger partial charge in [0.2, 0.25) is 0 Å². The molecule has 0 saturated heterocycles. The molecule has 1 aliphatic rings. The third-order valence-electron chi connectivity index (χ3n) is 2.75. The van der Waals surface area contributed by atoms with E-state index in [1.807, 2.05) is 27.7 Å². The second-order valence-electron chi connectivity index (χ2n) is 5.61. The molecule has 0 aromatic carbocycles. The number of thiazole rings is 1. The normalized spacial score (nSPS) is 20.3. The topological polar surface area (TPSA) is 48.0 Å². The van der Waals surface area contributed by atoms with Crippen LogP contribution in [-0.4, -0.2) is 14.3 Å². The first kappa shape index (κ1) is 13.3. The number of aromatic nitrogens is 1. The molecule has 1 heterocycles. The van der Waals surface area contributed by atoms with Crippen molar-refractivity contribution in [2.45, 2.75) is 57.2 Å². The zero-order valence-corrected chi connectivity index (χ0v) is 12.5. The van der Waals surface area contributed by atoms with E-state index in [-0.39, 0.29) is 10.8 Å². The van der Waals surface area contributed by atoms with E-state index < -0.39 is 11.4 Å². The van der Waals surface area contributed by atoms with Crippen molar-refractivity contribution in [2.75, 3.05) is 0 Å². The number of hydrogen-bond acceptors (Lipinski definition) is 4. The third kappa shape index (κ3) is 3.44. The van der Waals surface area contributed by atoms with Gasteiger partial charge in [0.25, 0.3) is 0 Å². The summed E-state index contributed by atoms with van der Waals surface area (Å²) in [6.07, 6.45) is 2.55. The molecule has 0 bridgehead atoms. The lowest BCUT2D eigenvalue weighted by Gasteiger charge is -2.25. The van der Waals surface area contributed by atoms with Crippen molar-refractivity contribution in [3.8, 4) is 0 Å². The van der Waals surface area contributed by atoms with E-state index in [2.05, 4.69) is 15.1 Å². The molecule has 17 heavy (non-hydrogen) atoms. The van der Waals surface area contributed by atoms with Gasteiger partial charge in [-0.3, -0.25) is 0 Å². The summed E-state index contributed by atoms with van der Waals surface area (Å²) in [5.41, 5.74) is 1.22. The molecule has 1 aromatic rings. The van der Waals surface area contributed by atoms with Crippen LogP contribution in [0.2, 0.25) is 0 Å². The van der Waals surface area contributed by atoms with Crippen molar-refractivity contribution in [1.82, 2.24) is 9.71 Å². The fourth-order valence-corrected chi connectivity index (χ4v) is 3.22. The van der Waals surface area contributed by atoms with Crippen LogP contribution in [0, 0.1) is 0 Å². The van der Waals surface area contributed by atoms with Gasteiger partial charge >= 0.3 is 0 Å². The molecule has 1 aliphatic carbocycles. The summed E-state index contributed by atoms with van der Waals surface area (Å²) < 4.78 is 14.9. The standard InChI is InChI=1S/C12H20N2OS2/c1-8(14-17(15)12(2,3)4)11-13-10(7-16-11)9-5-6-9/h7-9,14H,5-6H2,1-4H3/t8-,17-/m0/s1. The van der Waals surface area contributed by atoms with Gasteiger partial charge in [0.15, 0.2) is 0 Å². The first-order chi connectivity index (χ1) is 7.88. The van der Waals surface area contributed by atoms with Gasteiger partial charge < -0.3 is 4.55 Å². The van der Waals surface area contributed by atoms with Gasteiger partial charge in [-0.15, -0.1) is 16.1 Å². The Bertz CT molecular complexity index is 382. The molecular weight excluding hydrogens is 252 g/mol. The van der Waals surface area contributed by atoms with Crippen LogP contribution in [0.3, 0.4) is 0 Å². The fraction of sp³-hybridized carbons (Fsp3) is 0.750. The average molecular weight is 272 g/mol. The minimum atomic E-state index is -1.04. The van der Waals surface area contributed by atoms with E-state index in [4.69, 9.17) is 0 Å². The fourth-order valence-electron chi connectivity index (χ4n) is 1.45. The van der Waals surface area contributed by atoms with Crippen molar-refractivity contribution in [3.63, 3.8) is 0 Å². The molecule has 0 amide bonds. The lowest BCUT2D eigenvalue weighted by molar-refractivity contribution is 0.530. The van der Waals surface area contributed by atoms with Crippen molar-refractivity contribution < 1.29 is 4.55 Å². The molecule has 0 unspecified atom stereocenters. The highest BCUT2D eigenvalue weighted by atomic mass is 32.2. The molecular formula is C12H20N2OS2. The van der Waals surface area contributed by atoms with Crippen LogP contribution in [0.5, 0.6) is 0 Å². The Morgan fingerprint density at radius 2 is 2.18 bits per heavy atom. The van der Waals surface area contributed by atoms with E-state index >= 15 is 0 Å². The van der Waals surface area contributed by atoms with Gasteiger partial charge in [-0.1, -0.05) is 0 Å². The number of rotatable bonds is 4. The van der Waals surface area contributed by atoms with Gasteiger partial charge in [0.1, 0.15) is 15.8 Å². The maximum absolute atomic E-state index is 12.0. The van der Waals surface area contributed by atoms with Gasteiger partial charge in [-0.25, -0.2) is 4.98 Å². The van der Waals surface area contributed by atoms with Crippen LogP contribution >= 0.6 is 11.3 Å². The molecule has 1 N–H and O–H groups in total. The van der Waals surface area contributed by atoms with Crippen molar-refractivity contribution >= 4 is 22.7 Å². The average Bonchev–Trinajstić information content (AvgIpc) is 2.95. The molecule has 2 atom stereocenters. The minimum absolute atomic E-state index is 0.0626. The molecule has 0 aliphatic heterocycles. The number of nitrogens with one attached hydrogen (secondary N) is 1. The molecule has 96 valence electrons. The predicted octanol–water partition coefficient (Wildman–Crippen LogP) is 3.13. The van der Waals surface area contributed by atoms with Gasteiger partial charge in [-0.2, -0.15) is 0 Å². The highest BCUT2D eigenvalue weighted by molar-refractivity contribution is 7.90. The summed E-state index contributed by atoms with van der Waals surface area (Å²) in [5, 5.41) is 3.19. The molecule has 3 nitrogen and oxygen atoms in total. The van der Waals surface area contributed by atoms with E-state index in [0.717, 1.165) is 5.01 Å². The van der Waals surface area contributed by atoms with Gasteiger partial charge in [0.05, 0.1) is 5.69 Å². The molecule has 2 rings (SSSR count). The number of hydrogen-bond donors (Lipinski definition) is 1. The second kappa shape index (κ2) is 4.88. The summed E-state index contributed by atoms with van der Waals surface area (Å²) in [4.78, 5) is 4.63. The maximum atomic E-state index is 12.0. The maximum Gasteiger partial charge on any atom is 0.136 e. The summed E-state index contributed by atoms with van der Waals surface area (Å²) in [6, 6.07) is 0.0626.